The molecule has 19 heavy (non-hydrogen) atoms. The van der Waals surface area contributed by atoms with E-state index in [1.165, 1.54) is 0 Å². The van der Waals surface area contributed by atoms with Crippen molar-refractivity contribution in [1.82, 2.24) is 0 Å². The Kier molecular flexibility index (Phi) is 4.74. The second-order valence-electron chi connectivity index (χ2n) is 4.04. The number of rotatable bonds is 3. The lowest BCUT2D eigenvalue weighted by Gasteiger charge is -2.16. The first-order valence-electron chi connectivity index (χ1n) is 5.57. The molecule has 0 aliphatic heterocycles. The van der Waals surface area contributed by atoms with Crippen LogP contribution in [0.4, 0.5) is 0 Å². The van der Waals surface area contributed by atoms with Crippen molar-refractivity contribution in [2.75, 3.05) is 7.11 Å². The predicted molar refractivity (Wildman–Crippen MR) is 83.2 cm³/mol. The van der Waals surface area contributed by atoms with Crippen molar-refractivity contribution in [2.45, 2.75) is 6.04 Å². The van der Waals surface area contributed by atoms with E-state index in [1.54, 1.807) is 19.2 Å². The molecule has 0 radical (unpaired) electrons. The molecule has 0 saturated carbocycles. The van der Waals surface area contributed by atoms with E-state index in [0.717, 1.165) is 21.3 Å². The van der Waals surface area contributed by atoms with Crippen molar-refractivity contribution in [3.8, 4) is 5.75 Å². The lowest BCUT2D eigenvalue weighted by atomic mass is 9.99. The number of hydrogen-bond acceptors (Lipinski definition) is 2. The van der Waals surface area contributed by atoms with Gasteiger partial charge in [0, 0.05) is 4.47 Å². The third-order valence-corrected chi connectivity index (χ3v) is 4.27. The average Bonchev–Trinajstić information content (AvgIpc) is 2.41. The molecule has 100 valence electrons. The molecule has 2 aromatic carbocycles. The van der Waals surface area contributed by atoms with Crippen molar-refractivity contribution in [3.63, 3.8) is 0 Å². The van der Waals surface area contributed by atoms with Gasteiger partial charge in [-0.15, -0.1) is 0 Å². The van der Waals surface area contributed by atoms with Crippen LogP contribution in [0.3, 0.4) is 0 Å². The van der Waals surface area contributed by atoms with Crippen LogP contribution in [0.25, 0.3) is 0 Å². The minimum atomic E-state index is -0.282. The highest BCUT2D eigenvalue weighted by molar-refractivity contribution is 9.10. The van der Waals surface area contributed by atoms with Crippen molar-refractivity contribution in [1.29, 1.82) is 0 Å². The summed E-state index contributed by atoms with van der Waals surface area (Å²) in [4.78, 5) is 0. The zero-order valence-electron chi connectivity index (χ0n) is 10.2. The van der Waals surface area contributed by atoms with Gasteiger partial charge in [0.25, 0.3) is 0 Å². The Balaban J connectivity index is 2.38. The van der Waals surface area contributed by atoms with Gasteiger partial charge in [-0.2, -0.15) is 0 Å². The molecule has 0 spiro atoms. The molecule has 0 amide bonds. The predicted octanol–water partition coefficient (Wildman–Crippen LogP) is 4.81. The molecule has 0 aliphatic carbocycles. The topological polar surface area (TPSA) is 35.2 Å². The van der Waals surface area contributed by atoms with Gasteiger partial charge in [0.05, 0.1) is 23.2 Å². The molecule has 0 bridgehead atoms. The highest BCUT2D eigenvalue weighted by atomic mass is 79.9. The second-order valence-corrected chi connectivity index (χ2v) is 5.71. The quantitative estimate of drug-likeness (QED) is 0.852. The minimum absolute atomic E-state index is 0.282. The molecule has 0 fully saturated rings. The maximum Gasteiger partial charge on any atom is 0.120 e. The molecule has 2 aromatic rings. The molecule has 0 aromatic heterocycles. The fourth-order valence-electron chi connectivity index (χ4n) is 1.77. The van der Waals surface area contributed by atoms with Gasteiger partial charge in [0.2, 0.25) is 0 Å². The number of ether oxygens (including phenoxy) is 1. The highest BCUT2D eigenvalue weighted by Gasteiger charge is 2.14. The van der Waals surface area contributed by atoms with Gasteiger partial charge in [-0.1, -0.05) is 51.3 Å². The maximum absolute atomic E-state index is 6.26. The summed E-state index contributed by atoms with van der Waals surface area (Å²) in [5.41, 5.74) is 8.12. The number of nitrogens with two attached hydrogens (primary N) is 1. The van der Waals surface area contributed by atoms with Crippen LogP contribution in [0.5, 0.6) is 5.75 Å². The summed E-state index contributed by atoms with van der Waals surface area (Å²) in [7, 11) is 1.63. The molecule has 0 heterocycles. The third kappa shape index (κ3) is 3.23. The Morgan fingerprint density at radius 3 is 2.42 bits per heavy atom. The van der Waals surface area contributed by atoms with Crippen molar-refractivity contribution in [2.24, 2.45) is 5.73 Å². The number of benzene rings is 2. The first-order valence-corrected chi connectivity index (χ1v) is 7.11. The first kappa shape index (κ1) is 14.7. The zero-order chi connectivity index (χ0) is 14.0. The van der Waals surface area contributed by atoms with E-state index in [1.807, 2.05) is 24.3 Å². The van der Waals surface area contributed by atoms with Crippen LogP contribution in [-0.4, -0.2) is 7.11 Å². The van der Waals surface area contributed by atoms with Gasteiger partial charge in [0.1, 0.15) is 5.75 Å². The molecule has 0 aliphatic rings. The van der Waals surface area contributed by atoms with Crippen molar-refractivity contribution < 1.29 is 4.74 Å². The van der Waals surface area contributed by atoms with Crippen LogP contribution in [0.1, 0.15) is 17.2 Å². The average molecular weight is 361 g/mol. The summed E-state index contributed by atoms with van der Waals surface area (Å²) in [5.74, 6) is 0.775. The van der Waals surface area contributed by atoms with Crippen molar-refractivity contribution >= 4 is 39.1 Å². The summed E-state index contributed by atoms with van der Waals surface area (Å²) in [6.45, 7) is 0. The van der Waals surface area contributed by atoms with Gasteiger partial charge in [-0.3, -0.25) is 0 Å². The molecule has 5 heteroatoms. The van der Waals surface area contributed by atoms with Crippen LogP contribution < -0.4 is 10.5 Å². The maximum atomic E-state index is 6.26. The van der Waals surface area contributed by atoms with Gasteiger partial charge in [-0.25, -0.2) is 0 Å². The van der Waals surface area contributed by atoms with E-state index in [9.17, 15) is 0 Å². The lowest BCUT2D eigenvalue weighted by Crippen LogP contribution is -2.12. The van der Waals surface area contributed by atoms with Crippen LogP contribution >= 0.6 is 39.1 Å². The second kappa shape index (κ2) is 6.14. The summed E-state index contributed by atoms with van der Waals surface area (Å²) >= 11 is 15.4. The fraction of sp³-hybridized carbons (Fsp3) is 0.143. The Morgan fingerprint density at radius 2 is 1.84 bits per heavy atom. The third-order valence-electron chi connectivity index (χ3n) is 2.85. The van der Waals surface area contributed by atoms with E-state index in [2.05, 4.69) is 15.9 Å². The largest absolute Gasteiger partial charge is 0.497 e. The normalized spacial score (nSPS) is 12.3. The van der Waals surface area contributed by atoms with E-state index < -0.39 is 0 Å². The molecule has 2 N–H and O–H groups in total. The lowest BCUT2D eigenvalue weighted by molar-refractivity contribution is 0.414. The van der Waals surface area contributed by atoms with Gasteiger partial charge in [0.15, 0.2) is 0 Å². The molecule has 2 rings (SSSR count). The van der Waals surface area contributed by atoms with E-state index in [4.69, 9.17) is 33.7 Å². The zero-order valence-corrected chi connectivity index (χ0v) is 13.3. The van der Waals surface area contributed by atoms with Crippen molar-refractivity contribution in [3.05, 3.63) is 62.0 Å². The Hall–Kier alpha value is -0.740. The van der Waals surface area contributed by atoms with Gasteiger partial charge < -0.3 is 10.5 Å². The fourth-order valence-corrected chi connectivity index (χ4v) is 2.68. The number of methoxy groups -OCH3 is 1. The summed E-state index contributed by atoms with van der Waals surface area (Å²) < 4.78 is 6.05. The number of hydrogen-bond donors (Lipinski definition) is 1. The smallest absolute Gasteiger partial charge is 0.120 e. The monoisotopic (exact) mass is 359 g/mol. The highest BCUT2D eigenvalue weighted by Crippen LogP contribution is 2.32. The minimum Gasteiger partial charge on any atom is -0.497 e. The SMILES string of the molecule is COc1ccc(C(N)c2ccc(Cl)c(Cl)c2)c(Br)c1. The van der Waals surface area contributed by atoms with E-state index in [0.29, 0.717) is 10.0 Å². The molecule has 0 saturated heterocycles. The van der Waals surface area contributed by atoms with E-state index >= 15 is 0 Å². The Morgan fingerprint density at radius 1 is 1.11 bits per heavy atom. The Labute approximate surface area is 130 Å². The molecular formula is C14H12BrCl2NO. The van der Waals surface area contributed by atoms with Crippen LogP contribution in [-0.2, 0) is 0 Å². The Bertz CT molecular complexity index is 604. The summed E-state index contributed by atoms with van der Waals surface area (Å²) in [5, 5.41) is 1.02. The molecule has 2 nitrogen and oxygen atoms in total. The van der Waals surface area contributed by atoms with Gasteiger partial charge >= 0.3 is 0 Å². The summed E-state index contributed by atoms with van der Waals surface area (Å²) in [6, 6.07) is 10.8. The standard InChI is InChI=1S/C14H12BrCl2NO/c1-19-9-3-4-10(11(15)7-9)14(18)8-2-5-12(16)13(17)6-8/h2-7,14H,18H2,1H3. The van der Waals surface area contributed by atoms with Gasteiger partial charge in [-0.05, 0) is 35.4 Å². The first-order chi connectivity index (χ1) is 9.02. The van der Waals surface area contributed by atoms with Crippen LogP contribution in [0.2, 0.25) is 10.0 Å². The van der Waals surface area contributed by atoms with Crippen LogP contribution in [0, 0.1) is 0 Å². The molecule has 1 unspecified atom stereocenters. The summed E-state index contributed by atoms with van der Waals surface area (Å²) in [6.07, 6.45) is 0. The molecule has 1 atom stereocenters. The molecular weight excluding hydrogens is 349 g/mol. The van der Waals surface area contributed by atoms with E-state index in [-0.39, 0.29) is 6.04 Å². The van der Waals surface area contributed by atoms with Crippen LogP contribution in [0.15, 0.2) is 40.9 Å². The number of halogens is 3.